The van der Waals surface area contributed by atoms with Gasteiger partial charge in [-0.2, -0.15) is 0 Å². The number of aliphatic carboxylic acids is 1. The maximum absolute atomic E-state index is 11.7. The summed E-state index contributed by atoms with van der Waals surface area (Å²) in [5, 5.41) is 19.8. The highest BCUT2D eigenvalue weighted by Crippen LogP contribution is 2.21. The van der Waals surface area contributed by atoms with Crippen molar-refractivity contribution in [1.82, 2.24) is 5.32 Å². The van der Waals surface area contributed by atoms with E-state index < -0.39 is 18.0 Å². The smallest absolute Gasteiger partial charge is 0.334 e. The third-order valence-electron chi connectivity index (χ3n) is 2.21. The Kier molecular flexibility index (Phi) is 4.50. The van der Waals surface area contributed by atoms with E-state index in [0.29, 0.717) is 5.69 Å². The number of carboxylic acids is 1. The van der Waals surface area contributed by atoms with Gasteiger partial charge < -0.3 is 26.0 Å². The number of aliphatic hydroxyl groups excluding tert-OH is 1. The second kappa shape index (κ2) is 5.87. The van der Waals surface area contributed by atoms with Crippen LogP contribution < -0.4 is 15.8 Å². The summed E-state index contributed by atoms with van der Waals surface area (Å²) in [6, 6.07) is 4.45. The van der Waals surface area contributed by atoms with E-state index in [0.717, 1.165) is 0 Å². The number of benzene rings is 1. The number of carbonyl (C=O) groups excluding carboxylic acids is 1. The van der Waals surface area contributed by atoms with Crippen molar-refractivity contribution in [1.29, 1.82) is 0 Å². The van der Waals surface area contributed by atoms with Gasteiger partial charge in [-0.15, -0.1) is 0 Å². The first-order valence-corrected chi connectivity index (χ1v) is 5.08. The lowest BCUT2D eigenvalue weighted by Gasteiger charge is -2.11. The third kappa shape index (κ3) is 3.36. The quantitative estimate of drug-likeness (QED) is 0.523. The number of nitrogen functional groups attached to an aromatic ring is 1. The Morgan fingerprint density at radius 2 is 2.17 bits per heavy atom. The fourth-order valence-corrected chi connectivity index (χ4v) is 1.27. The standard InChI is InChI=1S/C11H14N2O5/c1-18-9-4-6(12)2-3-7(9)10(15)13-5-8(14)11(16)17/h2-4,8,14H,5,12H2,1H3,(H,13,15)(H,16,17). The highest BCUT2D eigenvalue weighted by atomic mass is 16.5. The molecule has 0 bridgehead atoms. The van der Waals surface area contributed by atoms with Crippen LogP contribution in [0.3, 0.4) is 0 Å². The number of ether oxygens (including phenoxy) is 1. The monoisotopic (exact) mass is 254 g/mol. The zero-order valence-corrected chi connectivity index (χ0v) is 9.71. The number of hydrogen-bond acceptors (Lipinski definition) is 5. The lowest BCUT2D eigenvalue weighted by atomic mass is 10.1. The molecular formula is C11H14N2O5. The molecule has 0 aliphatic rings. The van der Waals surface area contributed by atoms with Crippen molar-refractivity contribution in [2.75, 3.05) is 19.4 Å². The molecule has 7 heteroatoms. The van der Waals surface area contributed by atoms with Gasteiger partial charge in [-0.1, -0.05) is 0 Å². The summed E-state index contributed by atoms with van der Waals surface area (Å²) in [5.41, 5.74) is 6.19. The first kappa shape index (κ1) is 13.8. The first-order chi connectivity index (χ1) is 8.45. The van der Waals surface area contributed by atoms with Crippen LogP contribution in [0.2, 0.25) is 0 Å². The van der Waals surface area contributed by atoms with E-state index in [1.165, 1.54) is 25.3 Å². The molecule has 98 valence electrons. The normalized spacial score (nSPS) is 11.7. The Labute approximate surface area is 103 Å². The molecule has 0 saturated heterocycles. The molecule has 1 atom stereocenters. The summed E-state index contributed by atoms with van der Waals surface area (Å²) in [4.78, 5) is 22.1. The van der Waals surface area contributed by atoms with Crippen LogP contribution in [0.15, 0.2) is 18.2 Å². The summed E-state index contributed by atoms with van der Waals surface area (Å²) in [6.07, 6.45) is -1.64. The second-order valence-electron chi connectivity index (χ2n) is 3.52. The average Bonchev–Trinajstić information content (AvgIpc) is 2.34. The highest BCUT2D eigenvalue weighted by molar-refractivity contribution is 5.97. The first-order valence-electron chi connectivity index (χ1n) is 5.08. The second-order valence-corrected chi connectivity index (χ2v) is 3.52. The SMILES string of the molecule is COc1cc(N)ccc1C(=O)NCC(O)C(=O)O. The number of anilines is 1. The molecule has 18 heavy (non-hydrogen) atoms. The van der Waals surface area contributed by atoms with Crippen molar-refractivity contribution in [3.8, 4) is 5.75 Å². The molecule has 0 radical (unpaired) electrons. The molecule has 0 fully saturated rings. The van der Waals surface area contributed by atoms with Crippen molar-refractivity contribution >= 4 is 17.6 Å². The van der Waals surface area contributed by atoms with E-state index in [-0.39, 0.29) is 17.9 Å². The predicted octanol–water partition coefficient (Wildman–Crippen LogP) is -0.547. The number of hydrogen-bond donors (Lipinski definition) is 4. The van der Waals surface area contributed by atoms with Gasteiger partial charge in [0.15, 0.2) is 6.10 Å². The number of rotatable bonds is 5. The van der Waals surface area contributed by atoms with Gasteiger partial charge in [-0.25, -0.2) is 4.79 Å². The van der Waals surface area contributed by atoms with Gasteiger partial charge in [0.1, 0.15) is 5.75 Å². The summed E-state index contributed by atoms with van der Waals surface area (Å²) in [5.74, 6) is -1.68. The number of carbonyl (C=O) groups is 2. The highest BCUT2D eigenvalue weighted by Gasteiger charge is 2.17. The zero-order valence-electron chi connectivity index (χ0n) is 9.71. The van der Waals surface area contributed by atoms with Crippen molar-refractivity contribution < 1.29 is 24.5 Å². The Bertz CT molecular complexity index is 461. The molecule has 7 nitrogen and oxygen atoms in total. The van der Waals surface area contributed by atoms with E-state index in [1.807, 2.05) is 0 Å². The number of amides is 1. The Hall–Kier alpha value is -2.28. The number of methoxy groups -OCH3 is 1. The summed E-state index contributed by atoms with van der Waals surface area (Å²) in [7, 11) is 1.39. The fourth-order valence-electron chi connectivity index (χ4n) is 1.27. The molecular weight excluding hydrogens is 240 g/mol. The molecule has 0 aromatic heterocycles. The molecule has 1 aromatic rings. The van der Waals surface area contributed by atoms with E-state index in [1.54, 1.807) is 0 Å². The molecule has 1 unspecified atom stereocenters. The van der Waals surface area contributed by atoms with E-state index in [4.69, 9.17) is 20.7 Å². The van der Waals surface area contributed by atoms with Crippen LogP contribution in [-0.2, 0) is 4.79 Å². The van der Waals surface area contributed by atoms with Crippen LogP contribution in [0.4, 0.5) is 5.69 Å². The minimum Gasteiger partial charge on any atom is -0.496 e. The molecule has 0 aliphatic carbocycles. The van der Waals surface area contributed by atoms with Crippen LogP contribution in [0, 0.1) is 0 Å². The van der Waals surface area contributed by atoms with Gasteiger partial charge in [0.2, 0.25) is 0 Å². The zero-order chi connectivity index (χ0) is 13.7. The number of carboxylic acid groups (broad SMARTS) is 1. The average molecular weight is 254 g/mol. The van der Waals surface area contributed by atoms with E-state index in [9.17, 15) is 9.59 Å². The van der Waals surface area contributed by atoms with Crippen LogP contribution in [0.5, 0.6) is 5.75 Å². The van der Waals surface area contributed by atoms with Gasteiger partial charge in [0.25, 0.3) is 5.91 Å². The molecule has 5 N–H and O–H groups in total. The topological polar surface area (TPSA) is 122 Å². The Morgan fingerprint density at radius 1 is 1.50 bits per heavy atom. The third-order valence-corrected chi connectivity index (χ3v) is 2.21. The number of aliphatic hydroxyl groups is 1. The van der Waals surface area contributed by atoms with Gasteiger partial charge in [0, 0.05) is 11.8 Å². The summed E-state index contributed by atoms with van der Waals surface area (Å²) in [6.45, 7) is -0.387. The summed E-state index contributed by atoms with van der Waals surface area (Å²) >= 11 is 0. The van der Waals surface area contributed by atoms with Crippen molar-refractivity contribution in [3.63, 3.8) is 0 Å². The number of nitrogens with two attached hydrogens (primary N) is 1. The van der Waals surface area contributed by atoms with Crippen molar-refractivity contribution in [3.05, 3.63) is 23.8 Å². The molecule has 0 aliphatic heterocycles. The number of nitrogens with one attached hydrogen (secondary N) is 1. The Morgan fingerprint density at radius 3 is 2.72 bits per heavy atom. The molecule has 1 aromatic carbocycles. The van der Waals surface area contributed by atoms with E-state index in [2.05, 4.69) is 5.32 Å². The van der Waals surface area contributed by atoms with Gasteiger partial charge >= 0.3 is 5.97 Å². The maximum atomic E-state index is 11.7. The van der Waals surface area contributed by atoms with Crippen LogP contribution in [-0.4, -0.2) is 41.8 Å². The molecule has 1 rings (SSSR count). The fraction of sp³-hybridized carbons (Fsp3) is 0.273. The lowest BCUT2D eigenvalue weighted by Crippen LogP contribution is -2.36. The predicted molar refractivity (Wildman–Crippen MR) is 63.4 cm³/mol. The van der Waals surface area contributed by atoms with Crippen LogP contribution in [0.25, 0.3) is 0 Å². The van der Waals surface area contributed by atoms with Crippen LogP contribution in [0.1, 0.15) is 10.4 Å². The van der Waals surface area contributed by atoms with Gasteiger partial charge in [0.05, 0.1) is 19.2 Å². The van der Waals surface area contributed by atoms with Crippen LogP contribution >= 0.6 is 0 Å². The van der Waals surface area contributed by atoms with E-state index >= 15 is 0 Å². The molecule has 0 saturated carbocycles. The molecule has 0 spiro atoms. The Balaban J connectivity index is 2.75. The molecule has 1 amide bonds. The minimum atomic E-state index is -1.64. The van der Waals surface area contributed by atoms with Gasteiger partial charge in [-0.3, -0.25) is 4.79 Å². The van der Waals surface area contributed by atoms with Gasteiger partial charge in [-0.05, 0) is 12.1 Å². The minimum absolute atomic E-state index is 0.212. The molecule has 0 heterocycles. The largest absolute Gasteiger partial charge is 0.496 e. The lowest BCUT2D eigenvalue weighted by molar-refractivity contribution is -0.146. The van der Waals surface area contributed by atoms with Crippen molar-refractivity contribution in [2.24, 2.45) is 0 Å². The summed E-state index contributed by atoms with van der Waals surface area (Å²) < 4.78 is 4.98. The van der Waals surface area contributed by atoms with Crippen molar-refractivity contribution in [2.45, 2.75) is 6.10 Å². The maximum Gasteiger partial charge on any atom is 0.334 e.